The summed E-state index contributed by atoms with van der Waals surface area (Å²) in [6, 6.07) is 3.77. The fourth-order valence-electron chi connectivity index (χ4n) is 2.39. The van der Waals surface area contributed by atoms with Crippen LogP contribution in [0.15, 0.2) is 20.3 Å². The van der Waals surface area contributed by atoms with Gasteiger partial charge in [-0.05, 0) is 40.9 Å². The van der Waals surface area contributed by atoms with Crippen molar-refractivity contribution in [3.05, 3.63) is 26.7 Å². The summed E-state index contributed by atoms with van der Waals surface area (Å²) < 4.78 is 6.47. The molecule has 1 amide bonds. The molecule has 0 bridgehead atoms. The number of thiophene rings is 1. The Morgan fingerprint density at radius 2 is 2.10 bits per heavy atom. The lowest BCUT2D eigenvalue weighted by molar-refractivity contribution is 0.102. The van der Waals surface area contributed by atoms with E-state index in [0.717, 1.165) is 16.6 Å². The average molecular weight is 356 g/mol. The lowest BCUT2D eigenvalue weighted by Crippen LogP contribution is -2.10. The van der Waals surface area contributed by atoms with E-state index in [1.165, 1.54) is 30.6 Å². The van der Waals surface area contributed by atoms with Gasteiger partial charge < -0.3 is 4.42 Å². The number of rotatable bonds is 3. The van der Waals surface area contributed by atoms with Gasteiger partial charge in [0.2, 0.25) is 5.89 Å². The smallest absolute Gasteiger partial charge is 0.322 e. The third-order valence-corrected chi connectivity index (χ3v) is 5.03. The maximum Gasteiger partial charge on any atom is 0.322 e. The van der Waals surface area contributed by atoms with Crippen LogP contribution in [0.25, 0.3) is 0 Å². The standard InChI is InChI=1S/C13H14BrN3O2S/c14-10-7-6-9(20-10)11(18)15-13-17-16-12(19-13)8-4-2-1-3-5-8/h6-8H,1-5H2,(H,15,17,18). The van der Waals surface area contributed by atoms with Crippen LogP contribution in [-0.2, 0) is 0 Å². The van der Waals surface area contributed by atoms with Gasteiger partial charge in [-0.15, -0.1) is 16.4 Å². The second-order valence-electron chi connectivity index (χ2n) is 4.84. The molecule has 1 fully saturated rings. The number of hydrogen-bond donors (Lipinski definition) is 1. The van der Waals surface area contributed by atoms with Crippen molar-refractivity contribution in [2.45, 2.75) is 38.0 Å². The second kappa shape index (κ2) is 6.05. The molecule has 0 aliphatic heterocycles. The highest BCUT2D eigenvalue weighted by Gasteiger charge is 2.22. The third kappa shape index (κ3) is 3.09. The molecule has 0 unspecified atom stereocenters. The lowest BCUT2D eigenvalue weighted by atomic mass is 9.89. The van der Waals surface area contributed by atoms with Crippen LogP contribution < -0.4 is 5.32 Å². The monoisotopic (exact) mass is 355 g/mol. The summed E-state index contributed by atoms with van der Waals surface area (Å²) in [5.41, 5.74) is 0. The van der Waals surface area contributed by atoms with Gasteiger partial charge in [-0.3, -0.25) is 10.1 Å². The zero-order valence-corrected chi connectivity index (χ0v) is 13.2. The van der Waals surface area contributed by atoms with Crippen molar-refractivity contribution in [2.75, 3.05) is 5.32 Å². The van der Waals surface area contributed by atoms with Crippen molar-refractivity contribution in [3.63, 3.8) is 0 Å². The first-order valence-electron chi connectivity index (χ1n) is 6.62. The van der Waals surface area contributed by atoms with E-state index in [-0.39, 0.29) is 11.9 Å². The summed E-state index contributed by atoms with van der Waals surface area (Å²) in [4.78, 5) is 12.6. The Hall–Kier alpha value is -1.21. The Balaban J connectivity index is 1.66. The zero-order chi connectivity index (χ0) is 13.9. The van der Waals surface area contributed by atoms with Gasteiger partial charge in [-0.25, -0.2) is 0 Å². The first-order valence-corrected chi connectivity index (χ1v) is 8.23. The number of carbonyl (C=O) groups is 1. The molecule has 106 valence electrons. The van der Waals surface area contributed by atoms with Gasteiger partial charge in [0.15, 0.2) is 0 Å². The number of halogens is 1. The predicted octanol–water partition coefficient (Wildman–Crippen LogP) is 4.19. The third-order valence-electron chi connectivity index (χ3n) is 3.41. The van der Waals surface area contributed by atoms with Crippen LogP contribution in [0.5, 0.6) is 0 Å². The number of hydrogen-bond acceptors (Lipinski definition) is 5. The highest BCUT2D eigenvalue weighted by Crippen LogP contribution is 2.32. The second-order valence-corrected chi connectivity index (χ2v) is 7.30. The van der Waals surface area contributed by atoms with Gasteiger partial charge in [-0.1, -0.05) is 24.4 Å². The van der Waals surface area contributed by atoms with Crippen LogP contribution in [0.3, 0.4) is 0 Å². The maximum absolute atomic E-state index is 12.0. The van der Waals surface area contributed by atoms with Gasteiger partial charge in [0.25, 0.3) is 5.91 Å². The van der Waals surface area contributed by atoms with Crippen molar-refractivity contribution in [1.29, 1.82) is 0 Å². The first-order chi connectivity index (χ1) is 9.72. The quantitative estimate of drug-likeness (QED) is 0.895. The summed E-state index contributed by atoms with van der Waals surface area (Å²) in [6.45, 7) is 0. The minimum absolute atomic E-state index is 0.181. The minimum atomic E-state index is -0.223. The van der Waals surface area contributed by atoms with Crippen LogP contribution >= 0.6 is 27.3 Å². The Morgan fingerprint density at radius 3 is 2.80 bits per heavy atom. The maximum atomic E-state index is 12.0. The highest BCUT2D eigenvalue weighted by atomic mass is 79.9. The molecule has 0 atom stereocenters. The summed E-state index contributed by atoms with van der Waals surface area (Å²) in [7, 11) is 0. The van der Waals surface area contributed by atoms with Gasteiger partial charge in [0.1, 0.15) is 0 Å². The lowest BCUT2D eigenvalue weighted by Gasteiger charge is -2.17. The molecular formula is C13H14BrN3O2S. The molecule has 0 aromatic carbocycles. The molecule has 3 rings (SSSR count). The van der Waals surface area contributed by atoms with Crippen LogP contribution in [-0.4, -0.2) is 16.1 Å². The van der Waals surface area contributed by atoms with E-state index in [4.69, 9.17) is 4.42 Å². The van der Waals surface area contributed by atoms with E-state index in [9.17, 15) is 4.79 Å². The number of nitrogens with zero attached hydrogens (tertiary/aromatic N) is 2. The van der Waals surface area contributed by atoms with Gasteiger partial charge in [0, 0.05) is 5.92 Å². The summed E-state index contributed by atoms with van der Waals surface area (Å²) in [5, 5.41) is 10.6. The van der Waals surface area contributed by atoms with E-state index >= 15 is 0 Å². The van der Waals surface area contributed by atoms with Crippen molar-refractivity contribution >= 4 is 39.2 Å². The fraction of sp³-hybridized carbons (Fsp3) is 0.462. The highest BCUT2D eigenvalue weighted by molar-refractivity contribution is 9.11. The van der Waals surface area contributed by atoms with Gasteiger partial charge in [-0.2, -0.15) is 0 Å². The molecule has 20 heavy (non-hydrogen) atoms. The van der Waals surface area contributed by atoms with Crippen LogP contribution in [0, 0.1) is 0 Å². The van der Waals surface area contributed by atoms with Crippen molar-refractivity contribution in [1.82, 2.24) is 10.2 Å². The van der Waals surface area contributed by atoms with Crippen LogP contribution in [0.1, 0.15) is 53.6 Å². The van der Waals surface area contributed by atoms with E-state index < -0.39 is 0 Å². The van der Waals surface area contributed by atoms with Crippen molar-refractivity contribution in [3.8, 4) is 0 Å². The van der Waals surface area contributed by atoms with E-state index in [1.54, 1.807) is 6.07 Å². The largest absolute Gasteiger partial charge is 0.408 e. The van der Waals surface area contributed by atoms with E-state index in [1.807, 2.05) is 6.07 Å². The number of aromatic nitrogens is 2. The van der Waals surface area contributed by atoms with E-state index in [2.05, 4.69) is 31.4 Å². The van der Waals surface area contributed by atoms with Gasteiger partial charge >= 0.3 is 6.01 Å². The molecule has 1 aliphatic carbocycles. The molecule has 0 radical (unpaired) electrons. The number of nitrogens with one attached hydrogen (secondary N) is 1. The molecule has 0 saturated heterocycles. The molecule has 1 aliphatic rings. The molecule has 7 heteroatoms. The summed E-state index contributed by atoms with van der Waals surface area (Å²) >= 11 is 4.69. The Morgan fingerprint density at radius 1 is 1.30 bits per heavy atom. The number of amides is 1. The summed E-state index contributed by atoms with van der Waals surface area (Å²) in [5.74, 6) is 0.768. The molecule has 2 aromatic heterocycles. The topological polar surface area (TPSA) is 68.0 Å². The molecule has 1 N–H and O–H groups in total. The fourth-order valence-corrected chi connectivity index (χ4v) is 3.68. The first kappa shape index (κ1) is 13.8. The van der Waals surface area contributed by atoms with Crippen LogP contribution in [0.2, 0.25) is 0 Å². The molecule has 0 spiro atoms. The van der Waals surface area contributed by atoms with Gasteiger partial charge in [0.05, 0.1) is 8.66 Å². The Kier molecular flexibility index (Phi) is 4.16. The minimum Gasteiger partial charge on any atom is -0.408 e. The zero-order valence-electron chi connectivity index (χ0n) is 10.8. The Bertz CT molecular complexity index is 604. The van der Waals surface area contributed by atoms with E-state index in [0.29, 0.717) is 16.7 Å². The van der Waals surface area contributed by atoms with Crippen molar-refractivity contribution in [2.24, 2.45) is 0 Å². The molecule has 1 saturated carbocycles. The predicted molar refractivity (Wildman–Crippen MR) is 80.1 cm³/mol. The molecular weight excluding hydrogens is 342 g/mol. The Labute approximate surface area is 128 Å². The number of carbonyl (C=O) groups excluding carboxylic acids is 1. The van der Waals surface area contributed by atoms with Crippen molar-refractivity contribution < 1.29 is 9.21 Å². The summed E-state index contributed by atoms with van der Waals surface area (Å²) in [6.07, 6.45) is 5.87. The SMILES string of the molecule is O=C(Nc1nnc(C2CCCCC2)o1)c1ccc(Br)s1. The number of anilines is 1. The molecule has 2 heterocycles. The van der Waals surface area contributed by atoms with Crippen LogP contribution in [0.4, 0.5) is 6.01 Å². The average Bonchev–Trinajstić information content (AvgIpc) is 3.09. The molecule has 5 nitrogen and oxygen atoms in total. The normalized spacial score (nSPS) is 16.2. The molecule has 2 aromatic rings.